The number of benzene rings is 1. The summed E-state index contributed by atoms with van der Waals surface area (Å²) in [6, 6.07) is 8.41. The molecule has 2 saturated heterocycles. The molecule has 0 saturated carbocycles. The quantitative estimate of drug-likeness (QED) is 0.903. The van der Waals surface area contributed by atoms with Crippen LogP contribution in [0.5, 0.6) is 0 Å². The van der Waals surface area contributed by atoms with Crippen LogP contribution in [-0.2, 0) is 9.47 Å². The molecule has 24 heavy (non-hydrogen) atoms. The summed E-state index contributed by atoms with van der Waals surface area (Å²) in [5.74, 6) is 1.41. The number of hydrogen-bond donors (Lipinski definition) is 1. The molecule has 1 N–H and O–H groups in total. The Kier molecular flexibility index (Phi) is 4.87. The lowest BCUT2D eigenvalue weighted by molar-refractivity contribution is 0.00460. The zero-order valence-electron chi connectivity index (χ0n) is 13.9. The number of ether oxygens (including phenoxy) is 2. The number of morpholine rings is 1. The van der Waals surface area contributed by atoms with E-state index in [4.69, 9.17) is 9.47 Å². The second kappa shape index (κ2) is 7.42. The number of fused-ring (bicyclic) bond motifs is 1. The molecule has 0 spiro atoms. The van der Waals surface area contributed by atoms with E-state index in [1.54, 1.807) is 0 Å². The molecule has 1 aromatic heterocycles. The molecule has 2 atom stereocenters. The summed E-state index contributed by atoms with van der Waals surface area (Å²) < 4.78 is 11.1. The van der Waals surface area contributed by atoms with Gasteiger partial charge in [0.05, 0.1) is 37.1 Å². The zero-order chi connectivity index (χ0) is 16.2. The number of para-hydroxylation sites is 2. The lowest BCUT2D eigenvalue weighted by Crippen LogP contribution is -2.50. The summed E-state index contributed by atoms with van der Waals surface area (Å²) in [4.78, 5) is 11.7. The first-order valence-corrected chi connectivity index (χ1v) is 8.75. The Bertz CT molecular complexity index is 669. The minimum atomic E-state index is 0.449. The molecular weight excluding hydrogens is 304 g/mol. The summed E-state index contributed by atoms with van der Waals surface area (Å²) in [7, 11) is 0. The Morgan fingerprint density at radius 3 is 2.75 bits per heavy atom. The van der Waals surface area contributed by atoms with Crippen LogP contribution in [0, 0.1) is 5.92 Å². The van der Waals surface area contributed by atoms with Crippen LogP contribution in [0.2, 0.25) is 0 Å². The lowest BCUT2D eigenvalue weighted by atomic mass is 9.97. The van der Waals surface area contributed by atoms with Gasteiger partial charge in [0.25, 0.3) is 0 Å². The van der Waals surface area contributed by atoms with Crippen LogP contribution in [-0.4, -0.2) is 67.0 Å². The Labute approximate surface area is 142 Å². The van der Waals surface area contributed by atoms with Gasteiger partial charge in [-0.05, 0) is 18.6 Å². The molecule has 2 aliphatic rings. The van der Waals surface area contributed by atoms with Gasteiger partial charge in [-0.3, -0.25) is 9.88 Å². The van der Waals surface area contributed by atoms with Gasteiger partial charge in [0.2, 0.25) is 0 Å². The summed E-state index contributed by atoms with van der Waals surface area (Å²) >= 11 is 0. The highest BCUT2D eigenvalue weighted by Crippen LogP contribution is 2.23. The highest BCUT2D eigenvalue weighted by atomic mass is 16.5. The minimum Gasteiger partial charge on any atom is -0.381 e. The molecule has 4 rings (SSSR count). The third kappa shape index (κ3) is 3.50. The number of hydrogen-bond acceptors (Lipinski definition) is 6. The predicted molar refractivity (Wildman–Crippen MR) is 93.1 cm³/mol. The highest BCUT2D eigenvalue weighted by molar-refractivity contribution is 5.75. The number of rotatable bonds is 5. The standard InChI is InChI=1S/C18H24N4O2/c1-2-4-16-15(3-1)19-12-18(21-16)20-11-17(14-5-8-24-13-14)22-6-9-23-10-7-22/h1-4,12,14,17H,5-11,13H2,(H,20,21). The van der Waals surface area contributed by atoms with Gasteiger partial charge in [-0.15, -0.1) is 0 Å². The SMILES string of the molecule is c1ccc2nc(NCC(C3CCOC3)N3CCOCC3)cnc2c1. The van der Waals surface area contributed by atoms with Crippen molar-refractivity contribution < 1.29 is 9.47 Å². The highest BCUT2D eigenvalue weighted by Gasteiger charge is 2.31. The van der Waals surface area contributed by atoms with Crippen LogP contribution in [0.1, 0.15) is 6.42 Å². The number of nitrogens with zero attached hydrogens (tertiary/aromatic N) is 3. The van der Waals surface area contributed by atoms with E-state index in [0.717, 1.165) is 69.3 Å². The molecule has 6 nitrogen and oxygen atoms in total. The molecule has 0 aliphatic carbocycles. The zero-order valence-corrected chi connectivity index (χ0v) is 13.9. The average Bonchev–Trinajstić information content (AvgIpc) is 3.17. The van der Waals surface area contributed by atoms with Crippen molar-refractivity contribution in [1.82, 2.24) is 14.9 Å². The molecule has 1 aromatic carbocycles. The molecule has 3 heterocycles. The van der Waals surface area contributed by atoms with Crippen LogP contribution >= 0.6 is 0 Å². The topological polar surface area (TPSA) is 59.5 Å². The molecule has 0 amide bonds. The molecule has 2 aliphatic heterocycles. The maximum atomic E-state index is 5.62. The Morgan fingerprint density at radius 1 is 1.12 bits per heavy atom. The largest absolute Gasteiger partial charge is 0.381 e. The number of anilines is 1. The first-order chi connectivity index (χ1) is 11.9. The lowest BCUT2D eigenvalue weighted by Gasteiger charge is -2.37. The van der Waals surface area contributed by atoms with E-state index < -0.39 is 0 Å². The van der Waals surface area contributed by atoms with Crippen molar-refractivity contribution in [3.05, 3.63) is 30.5 Å². The van der Waals surface area contributed by atoms with Crippen molar-refractivity contribution >= 4 is 16.9 Å². The van der Waals surface area contributed by atoms with Crippen molar-refractivity contribution in [2.75, 3.05) is 51.4 Å². The van der Waals surface area contributed by atoms with Crippen LogP contribution in [0.3, 0.4) is 0 Å². The second-order valence-electron chi connectivity index (χ2n) is 6.46. The van der Waals surface area contributed by atoms with Crippen LogP contribution < -0.4 is 5.32 Å². The molecule has 2 fully saturated rings. The van der Waals surface area contributed by atoms with E-state index in [9.17, 15) is 0 Å². The smallest absolute Gasteiger partial charge is 0.145 e. The van der Waals surface area contributed by atoms with Gasteiger partial charge in [0.1, 0.15) is 5.82 Å². The Morgan fingerprint density at radius 2 is 1.96 bits per heavy atom. The average molecular weight is 328 g/mol. The van der Waals surface area contributed by atoms with Crippen molar-refractivity contribution in [3.8, 4) is 0 Å². The monoisotopic (exact) mass is 328 g/mol. The second-order valence-corrected chi connectivity index (χ2v) is 6.46. The van der Waals surface area contributed by atoms with E-state index >= 15 is 0 Å². The van der Waals surface area contributed by atoms with Crippen LogP contribution in [0.15, 0.2) is 30.5 Å². The van der Waals surface area contributed by atoms with Gasteiger partial charge in [0, 0.05) is 38.2 Å². The molecule has 0 bridgehead atoms. The van der Waals surface area contributed by atoms with Gasteiger partial charge in [-0.25, -0.2) is 4.98 Å². The molecule has 2 unspecified atom stereocenters. The maximum absolute atomic E-state index is 5.62. The predicted octanol–water partition coefficient (Wildman–Crippen LogP) is 1.78. The van der Waals surface area contributed by atoms with E-state index in [2.05, 4.69) is 20.2 Å². The number of aromatic nitrogens is 2. The van der Waals surface area contributed by atoms with Crippen LogP contribution in [0.25, 0.3) is 11.0 Å². The van der Waals surface area contributed by atoms with Gasteiger partial charge in [-0.1, -0.05) is 12.1 Å². The molecular formula is C18H24N4O2. The van der Waals surface area contributed by atoms with Gasteiger partial charge in [0.15, 0.2) is 0 Å². The van der Waals surface area contributed by atoms with Crippen molar-refractivity contribution in [2.45, 2.75) is 12.5 Å². The fourth-order valence-electron chi connectivity index (χ4n) is 3.61. The fraction of sp³-hybridized carbons (Fsp3) is 0.556. The summed E-state index contributed by atoms with van der Waals surface area (Å²) in [6.45, 7) is 6.22. The summed E-state index contributed by atoms with van der Waals surface area (Å²) in [5, 5.41) is 3.50. The van der Waals surface area contributed by atoms with E-state index in [0.29, 0.717) is 12.0 Å². The minimum absolute atomic E-state index is 0.449. The van der Waals surface area contributed by atoms with Gasteiger partial charge in [-0.2, -0.15) is 0 Å². The molecule has 0 radical (unpaired) electrons. The summed E-state index contributed by atoms with van der Waals surface area (Å²) in [5.41, 5.74) is 1.85. The first-order valence-electron chi connectivity index (χ1n) is 8.75. The maximum Gasteiger partial charge on any atom is 0.145 e. The van der Waals surface area contributed by atoms with Gasteiger partial charge < -0.3 is 14.8 Å². The third-order valence-corrected chi connectivity index (χ3v) is 4.96. The Balaban J connectivity index is 1.46. The van der Waals surface area contributed by atoms with Gasteiger partial charge >= 0.3 is 0 Å². The van der Waals surface area contributed by atoms with E-state index in [1.807, 2.05) is 30.5 Å². The van der Waals surface area contributed by atoms with E-state index in [1.165, 1.54) is 0 Å². The van der Waals surface area contributed by atoms with Crippen molar-refractivity contribution in [3.63, 3.8) is 0 Å². The summed E-state index contributed by atoms with van der Waals surface area (Å²) in [6.07, 6.45) is 2.96. The van der Waals surface area contributed by atoms with Crippen LogP contribution in [0.4, 0.5) is 5.82 Å². The van der Waals surface area contributed by atoms with Crippen molar-refractivity contribution in [2.24, 2.45) is 5.92 Å². The molecule has 128 valence electrons. The fourth-order valence-corrected chi connectivity index (χ4v) is 3.61. The van der Waals surface area contributed by atoms with Crippen molar-refractivity contribution in [1.29, 1.82) is 0 Å². The molecule has 6 heteroatoms. The number of nitrogens with one attached hydrogen (secondary N) is 1. The van der Waals surface area contributed by atoms with E-state index in [-0.39, 0.29) is 0 Å². The molecule has 2 aromatic rings. The first kappa shape index (κ1) is 15.7. The Hall–Kier alpha value is -1.76. The normalized spacial score (nSPS) is 23.4. The third-order valence-electron chi connectivity index (χ3n) is 4.96.